The summed E-state index contributed by atoms with van der Waals surface area (Å²) in [6.07, 6.45) is 1.59. The van der Waals surface area contributed by atoms with E-state index in [1.54, 1.807) is 27.8 Å². The van der Waals surface area contributed by atoms with Crippen LogP contribution in [0.3, 0.4) is 0 Å². The summed E-state index contributed by atoms with van der Waals surface area (Å²) in [6.45, 7) is 6.57. The molecule has 0 spiro atoms. The zero-order chi connectivity index (χ0) is 26.4. The van der Waals surface area contributed by atoms with Crippen molar-refractivity contribution in [2.24, 2.45) is 0 Å². The summed E-state index contributed by atoms with van der Waals surface area (Å²) in [4.78, 5) is 38.0. The lowest BCUT2D eigenvalue weighted by Crippen LogP contribution is -2.40. The quantitative estimate of drug-likeness (QED) is 0.354. The Morgan fingerprint density at radius 1 is 1.00 bits per heavy atom. The van der Waals surface area contributed by atoms with Crippen molar-refractivity contribution in [2.75, 3.05) is 18.1 Å². The van der Waals surface area contributed by atoms with Gasteiger partial charge < -0.3 is 18.7 Å². The standard InChI is InChI=1S/C29H25N5O4/c1-17-8-11-24-23(14-17)34(12-13-37-24)25(35)16-33-15-22(26(36)21-10-9-19(3)30-28(21)33)29-31-27(32-38-29)20-7-5-4-6-18(20)2/h4-11,14-15H,12-13,16H2,1-3H3. The molecule has 0 aliphatic carbocycles. The molecule has 0 saturated heterocycles. The molecule has 190 valence electrons. The highest BCUT2D eigenvalue weighted by atomic mass is 16.5. The summed E-state index contributed by atoms with van der Waals surface area (Å²) < 4.78 is 13.0. The fourth-order valence-corrected chi connectivity index (χ4v) is 4.72. The number of fused-ring (bicyclic) bond motifs is 2. The van der Waals surface area contributed by atoms with Gasteiger partial charge in [-0.1, -0.05) is 35.5 Å². The molecular weight excluding hydrogens is 482 g/mol. The maximum absolute atomic E-state index is 13.6. The Morgan fingerprint density at radius 2 is 1.84 bits per heavy atom. The summed E-state index contributed by atoms with van der Waals surface area (Å²) in [5, 5.41) is 4.49. The number of aromatic nitrogens is 4. The van der Waals surface area contributed by atoms with E-state index in [4.69, 9.17) is 9.26 Å². The van der Waals surface area contributed by atoms with Crippen molar-refractivity contribution in [3.8, 4) is 28.6 Å². The third kappa shape index (κ3) is 4.11. The normalized spacial score (nSPS) is 12.9. The van der Waals surface area contributed by atoms with Crippen molar-refractivity contribution in [2.45, 2.75) is 27.3 Å². The predicted molar refractivity (Wildman–Crippen MR) is 143 cm³/mol. The first-order valence-corrected chi connectivity index (χ1v) is 12.3. The van der Waals surface area contributed by atoms with Crippen LogP contribution < -0.4 is 15.1 Å². The van der Waals surface area contributed by atoms with Gasteiger partial charge in [-0.15, -0.1) is 0 Å². The van der Waals surface area contributed by atoms with E-state index in [1.165, 1.54) is 0 Å². The third-order valence-corrected chi connectivity index (χ3v) is 6.69. The highest BCUT2D eigenvalue weighted by Crippen LogP contribution is 2.33. The van der Waals surface area contributed by atoms with E-state index >= 15 is 0 Å². The minimum absolute atomic E-state index is 0.0353. The number of carbonyl (C=O) groups is 1. The van der Waals surface area contributed by atoms with Crippen molar-refractivity contribution in [3.05, 3.63) is 87.8 Å². The molecule has 1 aliphatic rings. The predicted octanol–water partition coefficient (Wildman–Crippen LogP) is 4.46. The molecule has 4 heterocycles. The van der Waals surface area contributed by atoms with Gasteiger partial charge in [-0.05, 0) is 56.2 Å². The number of benzene rings is 2. The van der Waals surface area contributed by atoms with Gasteiger partial charge in [0.2, 0.25) is 17.2 Å². The topological polar surface area (TPSA) is 103 Å². The first-order valence-electron chi connectivity index (χ1n) is 12.3. The lowest BCUT2D eigenvalue weighted by molar-refractivity contribution is -0.119. The maximum Gasteiger partial charge on any atom is 0.263 e. The monoisotopic (exact) mass is 507 g/mol. The van der Waals surface area contributed by atoms with Crippen LogP contribution in [0.1, 0.15) is 16.8 Å². The number of pyridine rings is 2. The second-order valence-corrected chi connectivity index (χ2v) is 9.43. The fraction of sp³-hybridized carbons (Fsp3) is 0.207. The molecule has 6 rings (SSSR count). The van der Waals surface area contributed by atoms with E-state index in [0.29, 0.717) is 35.8 Å². The van der Waals surface area contributed by atoms with E-state index in [9.17, 15) is 9.59 Å². The van der Waals surface area contributed by atoms with Crippen LogP contribution in [-0.2, 0) is 11.3 Å². The number of ether oxygens (including phenoxy) is 1. The fourth-order valence-electron chi connectivity index (χ4n) is 4.72. The van der Waals surface area contributed by atoms with Gasteiger partial charge in [-0.25, -0.2) is 4.98 Å². The molecule has 9 nitrogen and oxygen atoms in total. The molecule has 1 amide bonds. The molecule has 0 saturated carbocycles. The van der Waals surface area contributed by atoms with Crippen LogP contribution in [0.2, 0.25) is 0 Å². The Bertz CT molecular complexity index is 1770. The van der Waals surface area contributed by atoms with Crippen LogP contribution in [0.5, 0.6) is 5.75 Å². The van der Waals surface area contributed by atoms with Crippen LogP contribution in [0.15, 0.2) is 70.1 Å². The van der Waals surface area contributed by atoms with E-state index in [0.717, 1.165) is 28.1 Å². The lowest BCUT2D eigenvalue weighted by Gasteiger charge is -2.30. The van der Waals surface area contributed by atoms with Crippen molar-refractivity contribution in [1.82, 2.24) is 19.7 Å². The molecule has 9 heteroatoms. The lowest BCUT2D eigenvalue weighted by atomic mass is 10.1. The first kappa shape index (κ1) is 23.6. The van der Waals surface area contributed by atoms with Gasteiger partial charge in [0, 0.05) is 17.5 Å². The van der Waals surface area contributed by atoms with E-state index in [2.05, 4.69) is 15.1 Å². The summed E-state index contributed by atoms with van der Waals surface area (Å²) >= 11 is 0. The molecule has 0 radical (unpaired) electrons. The van der Waals surface area contributed by atoms with E-state index in [-0.39, 0.29) is 29.3 Å². The van der Waals surface area contributed by atoms with Gasteiger partial charge in [-0.2, -0.15) is 4.98 Å². The average molecular weight is 508 g/mol. The largest absolute Gasteiger partial charge is 0.490 e. The Balaban J connectivity index is 1.43. The van der Waals surface area contributed by atoms with Crippen molar-refractivity contribution in [3.63, 3.8) is 0 Å². The van der Waals surface area contributed by atoms with Crippen LogP contribution in [-0.4, -0.2) is 38.8 Å². The first-order chi connectivity index (χ1) is 18.4. The van der Waals surface area contributed by atoms with Crippen molar-refractivity contribution >= 4 is 22.6 Å². The van der Waals surface area contributed by atoms with Crippen molar-refractivity contribution in [1.29, 1.82) is 0 Å². The highest BCUT2D eigenvalue weighted by Gasteiger charge is 2.26. The number of hydrogen-bond donors (Lipinski definition) is 0. The second kappa shape index (κ2) is 9.26. The molecule has 0 fully saturated rings. The summed E-state index contributed by atoms with van der Waals surface area (Å²) in [7, 11) is 0. The van der Waals surface area contributed by atoms with Gasteiger partial charge in [0.05, 0.1) is 17.6 Å². The zero-order valence-electron chi connectivity index (χ0n) is 21.3. The van der Waals surface area contributed by atoms with Crippen LogP contribution in [0.25, 0.3) is 33.9 Å². The number of aryl methyl sites for hydroxylation is 3. The molecule has 38 heavy (non-hydrogen) atoms. The van der Waals surface area contributed by atoms with Crippen LogP contribution in [0, 0.1) is 20.8 Å². The van der Waals surface area contributed by atoms with Crippen LogP contribution >= 0.6 is 0 Å². The van der Waals surface area contributed by atoms with Gasteiger partial charge >= 0.3 is 0 Å². The number of rotatable bonds is 4. The van der Waals surface area contributed by atoms with E-state index in [1.807, 2.05) is 63.2 Å². The number of carbonyl (C=O) groups excluding carboxylic acids is 1. The summed E-state index contributed by atoms with van der Waals surface area (Å²) in [6, 6.07) is 16.9. The highest BCUT2D eigenvalue weighted by molar-refractivity contribution is 5.96. The molecule has 5 aromatic rings. The van der Waals surface area contributed by atoms with Gasteiger partial charge in [0.25, 0.3) is 5.89 Å². The molecule has 3 aromatic heterocycles. The number of anilines is 1. The third-order valence-electron chi connectivity index (χ3n) is 6.69. The van der Waals surface area contributed by atoms with Gasteiger partial charge in [0.1, 0.15) is 30.1 Å². The number of nitrogens with zero attached hydrogens (tertiary/aromatic N) is 5. The molecule has 0 atom stereocenters. The molecule has 1 aliphatic heterocycles. The Labute approximate surface area is 218 Å². The molecule has 0 unspecified atom stereocenters. The Kier molecular flexibility index (Phi) is 5.75. The van der Waals surface area contributed by atoms with Crippen molar-refractivity contribution < 1.29 is 14.1 Å². The van der Waals surface area contributed by atoms with Gasteiger partial charge in [-0.3, -0.25) is 9.59 Å². The maximum atomic E-state index is 13.6. The average Bonchev–Trinajstić information content (AvgIpc) is 3.39. The summed E-state index contributed by atoms with van der Waals surface area (Å²) in [5.41, 5.74) is 4.64. The number of amides is 1. The van der Waals surface area contributed by atoms with Gasteiger partial charge in [0.15, 0.2) is 0 Å². The summed E-state index contributed by atoms with van der Waals surface area (Å²) in [5.74, 6) is 1.00. The minimum Gasteiger partial charge on any atom is -0.490 e. The Morgan fingerprint density at radius 3 is 2.68 bits per heavy atom. The second-order valence-electron chi connectivity index (χ2n) is 9.43. The smallest absolute Gasteiger partial charge is 0.263 e. The van der Waals surface area contributed by atoms with E-state index < -0.39 is 0 Å². The number of hydrogen-bond acceptors (Lipinski definition) is 7. The minimum atomic E-state index is -0.288. The SMILES string of the molecule is Cc1ccc2c(c1)N(C(=O)Cn1cc(-c3nc(-c4ccccc4C)no3)c(=O)c3ccc(C)nc31)CCO2. The molecular formula is C29H25N5O4. The van der Waals surface area contributed by atoms with Crippen LogP contribution in [0.4, 0.5) is 5.69 Å². The Hall–Kier alpha value is -4.79. The molecule has 0 bridgehead atoms. The molecule has 2 aromatic carbocycles. The molecule has 0 N–H and O–H groups in total. The zero-order valence-corrected chi connectivity index (χ0v) is 21.3.